The lowest BCUT2D eigenvalue weighted by molar-refractivity contribution is 0.120. The average Bonchev–Trinajstić information content (AvgIpc) is 2.93. The number of nitrogens with two attached hydrogens (primary N) is 1. The second-order valence-corrected chi connectivity index (χ2v) is 4.21. The number of benzene rings is 1. The summed E-state index contributed by atoms with van der Waals surface area (Å²) in [5, 5.41) is 9.98. The topological polar surface area (TPSA) is 46.2 Å². The molecular formula is C11H13NO. The molecule has 2 aliphatic carbocycles. The van der Waals surface area contributed by atoms with E-state index < -0.39 is 0 Å². The summed E-state index contributed by atoms with van der Waals surface area (Å²) in [5.74, 6) is 0. The first kappa shape index (κ1) is 7.54. The molecule has 0 aromatic heterocycles. The number of aliphatic hydroxyl groups is 1. The Labute approximate surface area is 77.4 Å². The molecule has 1 aromatic rings. The minimum Gasteiger partial charge on any atom is -0.390 e. The van der Waals surface area contributed by atoms with Crippen molar-refractivity contribution in [3.05, 3.63) is 35.4 Å². The van der Waals surface area contributed by atoms with E-state index in [2.05, 4.69) is 6.07 Å². The van der Waals surface area contributed by atoms with E-state index in [0.29, 0.717) is 0 Å². The van der Waals surface area contributed by atoms with Crippen molar-refractivity contribution in [2.75, 3.05) is 0 Å². The van der Waals surface area contributed by atoms with Gasteiger partial charge in [0.1, 0.15) is 0 Å². The monoisotopic (exact) mass is 175 g/mol. The lowest BCUT2D eigenvalue weighted by Gasteiger charge is -2.15. The van der Waals surface area contributed by atoms with Gasteiger partial charge in [-0.1, -0.05) is 24.3 Å². The molecule has 68 valence electrons. The molecule has 3 rings (SSSR count). The molecular weight excluding hydrogens is 162 g/mol. The molecule has 3 N–H and O–H groups in total. The molecule has 1 saturated carbocycles. The number of hydrogen-bond donors (Lipinski definition) is 2. The quantitative estimate of drug-likeness (QED) is 0.620. The SMILES string of the molecule is N[C@@H]1c2ccccc2C2(CC2)[C@H]1O. The number of rotatable bonds is 0. The highest BCUT2D eigenvalue weighted by atomic mass is 16.3. The fourth-order valence-corrected chi connectivity index (χ4v) is 2.61. The predicted molar refractivity (Wildman–Crippen MR) is 50.3 cm³/mol. The van der Waals surface area contributed by atoms with Crippen LogP contribution in [0.3, 0.4) is 0 Å². The molecule has 0 radical (unpaired) electrons. The lowest BCUT2D eigenvalue weighted by Crippen LogP contribution is -2.28. The van der Waals surface area contributed by atoms with Crippen molar-refractivity contribution in [3.8, 4) is 0 Å². The Morgan fingerprint density at radius 3 is 2.69 bits per heavy atom. The van der Waals surface area contributed by atoms with Crippen LogP contribution >= 0.6 is 0 Å². The second-order valence-electron chi connectivity index (χ2n) is 4.21. The Balaban J connectivity index is 2.22. The van der Waals surface area contributed by atoms with Crippen LogP contribution in [-0.4, -0.2) is 11.2 Å². The van der Waals surface area contributed by atoms with E-state index in [-0.39, 0.29) is 17.6 Å². The summed E-state index contributed by atoms with van der Waals surface area (Å²) in [6.45, 7) is 0. The van der Waals surface area contributed by atoms with Gasteiger partial charge in [-0.05, 0) is 24.0 Å². The van der Waals surface area contributed by atoms with Crippen LogP contribution in [0.2, 0.25) is 0 Å². The first-order chi connectivity index (χ1) is 6.26. The molecule has 0 bridgehead atoms. The smallest absolute Gasteiger partial charge is 0.0829 e. The highest BCUT2D eigenvalue weighted by Crippen LogP contribution is 2.59. The van der Waals surface area contributed by atoms with Crippen LogP contribution in [0.1, 0.15) is 30.0 Å². The van der Waals surface area contributed by atoms with Crippen LogP contribution in [0.25, 0.3) is 0 Å². The summed E-state index contributed by atoms with van der Waals surface area (Å²) < 4.78 is 0. The van der Waals surface area contributed by atoms with Crippen molar-refractivity contribution in [2.45, 2.75) is 30.4 Å². The molecule has 2 atom stereocenters. The number of hydrogen-bond acceptors (Lipinski definition) is 2. The molecule has 0 aliphatic heterocycles. The minimum absolute atomic E-state index is 0.0377. The Kier molecular flexibility index (Phi) is 1.24. The van der Waals surface area contributed by atoms with Gasteiger partial charge in [-0.3, -0.25) is 0 Å². The van der Waals surface area contributed by atoms with E-state index in [1.54, 1.807) is 0 Å². The highest BCUT2D eigenvalue weighted by molar-refractivity contribution is 5.48. The summed E-state index contributed by atoms with van der Waals surface area (Å²) in [6.07, 6.45) is 1.84. The van der Waals surface area contributed by atoms with Crippen LogP contribution in [0.5, 0.6) is 0 Å². The van der Waals surface area contributed by atoms with Crippen molar-refractivity contribution < 1.29 is 5.11 Å². The Bertz CT molecular complexity index is 357. The van der Waals surface area contributed by atoms with Gasteiger partial charge in [0, 0.05) is 5.41 Å². The van der Waals surface area contributed by atoms with Crippen LogP contribution < -0.4 is 5.73 Å². The van der Waals surface area contributed by atoms with Crippen molar-refractivity contribution in [1.29, 1.82) is 0 Å². The Hall–Kier alpha value is -0.860. The molecule has 0 saturated heterocycles. The van der Waals surface area contributed by atoms with E-state index in [0.717, 1.165) is 18.4 Å². The maximum Gasteiger partial charge on any atom is 0.0829 e. The lowest BCUT2D eigenvalue weighted by atomic mass is 9.97. The van der Waals surface area contributed by atoms with E-state index in [4.69, 9.17) is 5.73 Å². The van der Waals surface area contributed by atoms with Gasteiger partial charge >= 0.3 is 0 Å². The third-order valence-electron chi connectivity index (χ3n) is 3.55. The van der Waals surface area contributed by atoms with E-state index in [9.17, 15) is 5.11 Å². The van der Waals surface area contributed by atoms with Gasteiger partial charge in [0.05, 0.1) is 12.1 Å². The average molecular weight is 175 g/mol. The fraction of sp³-hybridized carbons (Fsp3) is 0.455. The minimum atomic E-state index is -0.357. The first-order valence-corrected chi connectivity index (χ1v) is 4.79. The van der Waals surface area contributed by atoms with Gasteiger partial charge in [0.25, 0.3) is 0 Å². The molecule has 13 heavy (non-hydrogen) atoms. The van der Waals surface area contributed by atoms with Crippen LogP contribution in [-0.2, 0) is 5.41 Å². The predicted octanol–water partition coefficient (Wildman–Crippen LogP) is 1.09. The second kappa shape index (κ2) is 2.14. The van der Waals surface area contributed by atoms with E-state index in [1.165, 1.54) is 5.56 Å². The third kappa shape index (κ3) is 0.754. The maximum atomic E-state index is 9.98. The molecule has 0 amide bonds. The van der Waals surface area contributed by atoms with Gasteiger partial charge in [-0.25, -0.2) is 0 Å². The zero-order valence-electron chi connectivity index (χ0n) is 7.40. The van der Waals surface area contributed by atoms with Crippen molar-refractivity contribution >= 4 is 0 Å². The van der Waals surface area contributed by atoms with Gasteiger partial charge in [-0.2, -0.15) is 0 Å². The zero-order chi connectivity index (χ0) is 9.05. The van der Waals surface area contributed by atoms with Crippen molar-refractivity contribution in [3.63, 3.8) is 0 Å². The molecule has 0 unspecified atom stereocenters. The zero-order valence-corrected chi connectivity index (χ0v) is 7.40. The molecule has 2 heteroatoms. The third-order valence-corrected chi connectivity index (χ3v) is 3.55. The van der Waals surface area contributed by atoms with E-state index >= 15 is 0 Å². The molecule has 0 heterocycles. The van der Waals surface area contributed by atoms with Gasteiger partial charge in [-0.15, -0.1) is 0 Å². The summed E-state index contributed by atoms with van der Waals surface area (Å²) in [7, 11) is 0. The van der Waals surface area contributed by atoms with Gasteiger partial charge in [0.2, 0.25) is 0 Å². The van der Waals surface area contributed by atoms with Crippen molar-refractivity contribution in [2.24, 2.45) is 5.73 Å². The largest absolute Gasteiger partial charge is 0.390 e. The summed E-state index contributed by atoms with van der Waals surface area (Å²) in [5.41, 5.74) is 8.43. The van der Waals surface area contributed by atoms with Crippen LogP contribution in [0.15, 0.2) is 24.3 Å². The molecule has 2 nitrogen and oxygen atoms in total. The summed E-state index contributed by atoms with van der Waals surface area (Å²) in [6, 6.07) is 8.00. The normalized spacial score (nSPS) is 33.4. The first-order valence-electron chi connectivity index (χ1n) is 4.79. The molecule has 1 fully saturated rings. The van der Waals surface area contributed by atoms with Crippen molar-refractivity contribution in [1.82, 2.24) is 0 Å². The van der Waals surface area contributed by atoms with Gasteiger partial charge in [0.15, 0.2) is 0 Å². The highest BCUT2D eigenvalue weighted by Gasteiger charge is 2.57. The molecule has 1 spiro atoms. The Morgan fingerprint density at radius 2 is 2.00 bits per heavy atom. The van der Waals surface area contributed by atoms with Crippen LogP contribution in [0, 0.1) is 0 Å². The number of fused-ring (bicyclic) bond motifs is 2. The van der Waals surface area contributed by atoms with Gasteiger partial charge < -0.3 is 10.8 Å². The van der Waals surface area contributed by atoms with E-state index in [1.807, 2.05) is 18.2 Å². The maximum absolute atomic E-state index is 9.98. The Morgan fingerprint density at radius 1 is 1.31 bits per heavy atom. The number of aliphatic hydroxyl groups excluding tert-OH is 1. The summed E-state index contributed by atoms with van der Waals surface area (Å²) >= 11 is 0. The molecule has 2 aliphatic rings. The molecule has 1 aromatic carbocycles. The van der Waals surface area contributed by atoms with Crippen LogP contribution in [0.4, 0.5) is 0 Å². The summed E-state index contributed by atoms with van der Waals surface area (Å²) in [4.78, 5) is 0. The standard InChI is InChI=1S/C11H13NO/c12-9-7-3-1-2-4-8(7)11(5-6-11)10(9)13/h1-4,9-10,13H,5-6,12H2/t9-,10+/m1/s1. The fourth-order valence-electron chi connectivity index (χ4n) is 2.61.